The van der Waals surface area contributed by atoms with Crippen LogP contribution in [0.3, 0.4) is 0 Å². The first-order chi connectivity index (χ1) is 12.3. The molecular weight excluding hydrogens is 374 g/mol. The van der Waals surface area contributed by atoms with E-state index in [1.165, 1.54) is 18.2 Å². The minimum absolute atomic E-state index is 0.0229. The molecule has 10 heteroatoms. The number of amides is 1. The summed E-state index contributed by atoms with van der Waals surface area (Å²) in [6.45, 7) is 7.08. The van der Waals surface area contributed by atoms with Crippen molar-refractivity contribution in [2.45, 2.75) is 46.1 Å². The maximum Gasteiger partial charge on any atom is 0.407 e. The second-order valence-corrected chi connectivity index (χ2v) is 9.79. The van der Waals surface area contributed by atoms with Gasteiger partial charge < -0.3 is 10.1 Å². The Bertz CT molecular complexity index is 841. The number of anilines is 1. The summed E-state index contributed by atoms with van der Waals surface area (Å²) < 4.78 is 32.7. The maximum absolute atomic E-state index is 12.5. The van der Waals surface area contributed by atoms with E-state index in [4.69, 9.17) is 4.74 Å². The van der Waals surface area contributed by atoms with E-state index < -0.39 is 32.0 Å². The Morgan fingerprint density at radius 2 is 1.96 bits per heavy atom. The number of aryl methyl sites for hydroxylation is 1. The molecule has 2 N–H and O–H groups in total. The third-order valence-corrected chi connectivity index (χ3v) is 5.65. The number of hydrogen-bond donors (Lipinski definition) is 2. The molecule has 0 radical (unpaired) electrons. The topological polar surface area (TPSA) is 128 Å². The number of benzene rings is 1. The molecule has 1 aliphatic carbocycles. The fourth-order valence-electron chi connectivity index (χ4n) is 2.55. The van der Waals surface area contributed by atoms with E-state index in [1.807, 2.05) is 20.8 Å². The van der Waals surface area contributed by atoms with Crippen LogP contribution in [0.15, 0.2) is 18.2 Å². The van der Waals surface area contributed by atoms with E-state index in [9.17, 15) is 23.3 Å². The third-order valence-electron chi connectivity index (χ3n) is 4.13. The van der Waals surface area contributed by atoms with Crippen molar-refractivity contribution < 1.29 is 22.9 Å². The van der Waals surface area contributed by atoms with Crippen molar-refractivity contribution in [2.75, 3.05) is 17.1 Å². The van der Waals surface area contributed by atoms with Gasteiger partial charge in [0.25, 0.3) is 5.69 Å². The van der Waals surface area contributed by atoms with Crippen LogP contribution in [0.5, 0.6) is 0 Å². The number of nitro groups is 1. The summed E-state index contributed by atoms with van der Waals surface area (Å²) in [6, 6.07) is 3.93. The number of ether oxygens (including phenoxy) is 1. The van der Waals surface area contributed by atoms with Gasteiger partial charge in [-0.1, -0.05) is 0 Å². The lowest BCUT2D eigenvalue weighted by atomic mass is 10.1. The molecule has 0 spiro atoms. The van der Waals surface area contributed by atoms with Gasteiger partial charge in [-0.25, -0.2) is 13.2 Å². The predicted octanol–water partition coefficient (Wildman–Crippen LogP) is 2.95. The molecule has 0 heterocycles. The van der Waals surface area contributed by atoms with Crippen LogP contribution in [0.25, 0.3) is 0 Å². The quantitative estimate of drug-likeness (QED) is 0.536. The van der Waals surface area contributed by atoms with Crippen LogP contribution in [-0.2, 0) is 14.8 Å². The number of sulfonamides is 1. The van der Waals surface area contributed by atoms with Gasteiger partial charge in [0.15, 0.2) is 0 Å². The molecule has 1 saturated carbocycles. The number of carbonyl (C=O) groups excluding carboxylic acids is 1. The van der Waals surface area contributed by atoms with E-state index in [2.05, 4.69) is 10.0 Å². The lowest BCUT2D eigenvalue weighted by Crippen LogP contribution is -2.42. The number of non-ortho nitro benzene ring substituents is 1. The molecule has 0 atom stereocenters. The monoisotopic (exact) mass is 399 g/mol. The number of nitrogens with zero attached hydrogens (tertiary/aromatic N) is 1. The second kappa shape index (κ2) is 7.34. The number of rotatable bonds is 7. The summed E-state index contributed by atoms with van der Waals surface area (Å²) in [7, 11) is -3.70. The summed E-state index contributed by atoms with van der Waals surface area (Å²) in [5.41, 5.74) is -0.376. The zero-order valence-electron chi connectivity index (χ0n) is 15.9. The first-order valence-corrected chi connectivity index (χ1v) is 10.2. The molecule has 1 aromatic rings. The summed E-state index contributed by atoms with van der Waals surface area (Å²) in [6.07, 6.45) is 0.719. The van der Waals surface area contributed by atoms with Crippen molar-refractivity contribution in [3.05, 3.63) is 33.9 Å². The van der Waals surface area contributed by atoms with E-state index >= 15 is 0 Å². The number of alkyl carbamates (subject to hydrolysis) is 1. The van der Waals surface area contributed by atoms with Gasteiger partial charge in [0.1, 0.15) is 0 Å². The zero-order valence-corrected chi connectivity index (χ0v) is 16.7. The highest BCUT2D eigenvalue weighted by Crippen LogP contribution is 2.47. The van der Waals surface area contributed by atoms with Crippen LogP contribution in [0.1, 0.15) is 39.2 Å². The van der Waals surface area contributed by atoms with Crippen molar-refractivity contribution in [1.82, 2.24) is 5.32 Å². The summed E-state index contributed by atoms with van der Waals surface area (Å²) in [5, 5.41) is 13.4. The molecule has 0 unspecified atom stereocenters. The molecule has 0 bridgehead atoms. The van der Waals surface area contributed by atoms with E-state index in [1.54, 1.807) is 6.92 Å². The second-order valence-electron chi connectivity index (χ2n) is 8.07. The highest BCUT2D eigenvalue weighted by molar-refractivity contribution is 7.92. The van der Waals surface area contributed by atoms with Gasteiger partial charge in [-0.3, -0.25) is 14.8 Å². The molecule has 1 amide bonds. The van der Waals surface area contributed by atoms with Crippen molar-refractivity contribution in [3.8, 4) is 0 Å². The minimum Gasteiger partial charge on any atom is -0.449 e. The largest absolute Gasteiger partial charge is 0.449 e. The molecule has 27 heavy (non-hydrogen) atoms. The Morgan fingerprint density at radius 1 is 1.33 bits per heavy atom. The molecule has 0 aromatic heterocycles. The van der Waals surface area contributed by atoms with Crippen molar-refractivity contribution in [2.24, 2.45) is 5.41 Å². The van der Waals surface area contributed by atoms with Crippen LogP contribution in [0.4, 0.5) is 16.2 Å². The first-order valence-electron chi connectivity index (χ1n) is 8.51. The molecule has 1 aliphatic rings. The van der Waals surface area contributed by atoms with Gasteiger partial charge in [-0.2, -0.15) is 0 Å². The van der Waals surface area contributed by atoms with Crippen LogP contribution in [-0.4, -0.2) is 37.3 Å². The molecule has 2 rings (SSSR count). The number of carbonyl (C=O) groups is 1. The highest BCUT2D eigenvalue weighted by atomic mass is 32.2. The maximum atomic E-state index is 12.5. The molecule has 1 fully saturated rings. The molecule has 9 nitrogen and oxygen atoms in total. The first kappa shape index (κ1) is 20.9. The fraction of sp³-hybridized carbons (Fsp3) is 0.588. The van der Waals surface area contributed by atoms with Crippen LogP contribution in [0, 0.1) is 22.5 Å². The SMILES string of the molecule is Cc1cc([N+](=O)[O-])ccc1NS(=O)(=O)CC1(COC(=O)NC(C)(C)C)CC1. The zero-order chi connectivity index (χ0) is 20.5. The van der Waals surface area contributed by atoms with Gasteiger partial charge >= 0.3 is 6.09 Å². The van der Waals surface area contributed by atoms with Gasteiger partial charge in [0.05, 0.1) is 23.0 Å². The van der Waals surface area contributed by atoms with Gasteiger partial charge in [0, 0.05) is 23.1 Å². The van der Waals surface area contributed by atoms with Gasteiger partial charge in [-0.15, -0.1) is 0 Å². The Labute approximate surface area is 158 Å². The molecule has 0 aliphatic heterocycles. The summed E-state index contributed by atoms with van der Waals surface area (Å²) in [4.78, 5) is 22.0. The number of hydrogen-bond acceptors (Lipinski definition) is 6. The van der Waals surface area contributed by atoms with Crippen LogP contribution in [0.2, 0.25) is 0 Å². The third kappa shape index (κ3) is 6.38. The molecule has 150 valence electrons. The van der Waals surface area contributed by atoms with E-state index in [0.717, 1.165) is 0 Å². The lowest BCUT2D eigenvalue weighted by molar-refractivity contribution is -0.384. The number of nitrogens with one attached hydrogen (secondary N) is 2. The van der Waals surface area contributed by atoms with E-state index in [0.29, 0.717) is 24.1 Å². The molecular formula is C17H25N3O6S. The minimum atomic E-state index is -3.70. The smallest absolute Gasteiger partial charge is 0.407 e. The Balaban J connectivity index is 1.98. The summed E-state index contributed by atoms with van der Waals surface area (Å²) in [5.74, 6) is -0.181. The summed E-state index contributed by atoms with van der Waals surface area (Å²) >= 11 is 0. The van der Waals surface area contributed by atoms with Crippen molar-refractivity contribution in [3.63, 3.8) is 0 Å². The fourth-order valence-corrected chi connectivity index (χ4v) is 4.37. The Morgan fingerprint density at radius 3 is 2.44 bits per heavy atom. The molecule has 1 aromatic carbocycles. The van der Waals surface area contributed by atoms with Crippen LogP contribution < -0.4 is 10.0 Å². The highest BCUT2D eigenvalue weighted by Gasteiger charge is 2.47. The van der Waals surface area contributed by atoms with Crippen LogP contribution >= 0.6 is 0 Å². The van der Waals surface area contributed by atoms with E-state index in [-0.39, 0.29) is 18.0 Å². The Kier molecular flexibility index (Phi) is 5.69. The van der Waals surface area contributed by atoms with Crippen molar-refractivity contribution >= 4 is 27.5 Å². The van der Waals surface area contributed by atoms with Crippen molar-refractivity contribution in [1.29, 1.82) is 0 Å². The predicted molar refractivity (Wildman–Crippen MR) is 101 cm³/mol. The van der Waals surface area contributed by atoms with Gasteiger partial charge in [-0.05, 0) is 52.2 Å². The number of nitro benzene ring substituents is 1. The average Bonchev–Trinajstić information content (AvgIpc) is 3.24. The lowest BCUT2D eigenvalue weighted by Gasteiger charge is -2.22. The normalized spacial score (nSPS) is 15.7. The Hall–Kier alpha value is -2.36. The van der Waals surface area contributed by atoms with Gasteiger partial charge in [0.2, 0.25) is 10.0 Å². The molecule has 0 saturated heterocycles. The average molecular weight is 399 g/mol. The standard InChI is InChI=1S/C17H25N3O6S/c1-12-9-13(20(22)23)5-6-14(12)19-27(24,25)11-17(7-8-17)10-26-15(21)18-16(2,3)4/h5-6,9,19H,7-8,10-11H2,1-4H3,(H,18,21).